The number of benzene rings is 3. The van der Waals surface area contributed by atoms with E-state index in [0.717, 1.165) is 33.5 Å². The molecule has 3 aromatic carbocycles. The Morgan fingerprint density at radius 2 is 1.80 bits per heavy atom. The second-order valence-corrected chi connectivity index (χ2v) is 8.38. The number of carbonyl (C=O) groups is 2. The minimum absolute atomic E-state index is 0.254. The number of hydrogen-bond acceptors (Lipinski definition) is 5. The summed E-state index contributed by atoms with van der Waals surface area (Å²) < 4.78 is 6.13. The molecule has 1 N–H and O–H groups in total. The van der Waals surface area contributed by atoms with Crippen LogP contribution in [0.25, 0.3) is 16.8 Å². The summed E-state index contributed by atoms with van der Waals surface area (Å²) in [6.45, 7) is 0.0293. The van der Waals surface area contributed by atoms with Gasteiger partial charge in [-0.25, -0.2) is 0 Å². The van der Waals surface area contributed by atoms with E-state index in [1.165, 1.54) is 10.8 Å². The van der Waals surface area contributed by atoms with Crippen molar-refractivity contribution in [3.8, 4) is 5.75 Å². The monoisotopic (exact) mass is 435 g/mol. The van der Waals surface area contributed by atoms with Gasteiger partial charge in [-0.1, -0.05) is 72.5 Å². The first-order chi connectivity index (χ1) is 14.5. The maximum absolute atomic E-state index is 12.3. The van der Waals surface area contributed by atoms with Crippen molar-refractivity contribution in [3.63, 3.8) is 0 Å². The highest BCUT2D eigenvalue weighted by Crippen LogP contribution is 2.32. The Labute approximate surface area is 183 Å². The van der Waals surface area contributed by atoms with Crippen LogP contribution < -0.4 is 4.74 Å². The van der Waals surface area contributed by atoms with E-state index in [9.17, 15) is 9.59 Å². The van der Waals surface area contributed by atoms with Crippen molar-refractivity contribution in [2.75, 3.05) is 6.54 Å². The summed E-state index contributed by atoms with van der Waals surface area (Å²) in [7, 11) is 0. The number of ether oxygens (including phenoxy) is 1. The zero-order valence-corrected chi connectivity index (χ0v) is 17.4. The zero-order valence-electron chi connectivity index (χ0n) is 15.8. The highest BCUT2D eigenvalue weighted by atomic mass is 32.2. The SMILES string of the molecule is O=C(O)CN1C(=O)C(=Cc2ccc(OCc3ccc4ccccc4c3)cc2)SC1=S. The van der Waals surface area contributed by atoms with Crippen LogP contribution in [0.3, 0.4) is 0 Å². The number of aliphatic carboxylic acids is 1. The number of carboxylic acids is 1. The summed E-state index contributed by atoms with van der Waals surface area (Å²) in [6.07, 6.45) is 1.70. The Morgan fingerprint density at radius 1 is 1.07 bits per heavy atom. The first-order valence-corrected chi connectivity index (χ1v) is 10.4. The second-order valence-electron chi connectivity index (χ2n) is 6.70. The predicted octanol–water partition coefficient (Wildman–Crippen LogP) is 4.70. The number of carbonyl (C=O) groups excluding carboxylic acids is 1. The van der Waals surface area contributed by atoms with Crippen molar-refractivity contribution in [2.24, 2.45) is 0 Å². The van der Waals surface area contributed by atoms with Gasteiger partial charge in [-0.05, 0) is 46.2 Å². The number of nitrogens with zero attached hydrogens (tertiary/aromatic N) is 1. The number of hydrogen-bond donors (Lipinski definition) is 1. The molecule has 150 valence electrons. The predicted molar refractivity (Wildman–Crippen MR) is 122 cm³/mol. The molecule has 4 rings (SSSR count). The smallest absolute Gasteiger partial charge is 0.323 e. The fraction of sp³-hybridized carbons (Fsp3) is 0.0870. The molecular weight excluding hydrogens is 418 g/mol. The lowest BCUT2D eigenvalue weighted by Gasteiger charge is -2.10. The molecular formula is C23H17NO4S2. The molecule has 0 unspecified atom stereocenters. The fourth-order valence-corrected chi connectivity index (χ4v) is 4.33. The summed E-state index contributed by atoms with van der Waals surface area (Å²) in [4.78, 5) is 24.7. The number of thiocarbonyl (C=S) groups is 1. The molecule has 0 saturated carbocycles. The van der Waals surface area contributed by atoms with Gasteiger partial charge in [0.1, 0.15) is 23.2 Å². The molecule has 0 bridgehead atoms. The van der Waals surface area contributed by atoms with Gasteiger partial charge in [0.05, 0.1) is 4.91 Å². The van der Waals surface area contributed by atoms with Gasteiger partial charge in [0.15, 0.2) is 0 Å². The van der Waals surface area contributed by atoms with E-state index in [0.29, 0.717) is 11.5 Å². The summed E-state index contributed by atoms with van der Waals surface area (Å²) >= 11 is 6.21. The molecule has 1 saturated heterocycles. The molecule has 5 nitrogen and oxygen atoms in total. The van der Waals surface area contributed by atoms with Crippen molar-refractivity contribution in [1.82, 2.24) is 4.90 Å². The van der Waals surface area contributed by atoms with Crippen LogP contribution in [0.4, 0.5) is 0 Å². The molecule has 1 aliphatic heterocycles. The van der Waals surface area contributed by atoms with Crippen LogP contribution in [0.15, 0.2) is 71.6 Å². The molecule has 7 heteroatoms. The molecule has 30 heavy (non-hydrogen) atoms. The van der Waals surface area contributed by atoms with E-state index in [1.54, 1.807) is 6.08 Å². The Bertz CT molecular complexity index is 1170. The molecule has 3 aromatic rings. The maximum Gasteiger partial charge on any atom is 0.323 e. The van der Waals surface area contributed by atoms with Crippen LogP contribution in [0.5, 0.6) is 5.75 Å². The van der Waals surface area contributed by atoms with Gasteiger partial charge >= 0.3 is 5.97 Å². The second kappa shape index (κ2) is 8.69. The van der Waals surface area contributed by atoms with Gasteiger partial charge in [0.2, 0.25) is 0 Å². The lowest BCUT2D eigenvalue weighted by Crippen LogP contribution is -2.33. The number of carboxylic acid groups (broad SMARTS) is 1. The first-order valence-electron chi connectivity index (χ1n) is 9.17. The average molecular weight is 436 g/mol. The average Bonchev–Trinajstić information content (AvgIpc) is 3.00. The third kappa shape index (κ3) is 4.53. The quantitative estimate of drug-likeness (QED) is 0.447. The minimum atomic E-state index is -1.10. The Hall–Kier alpha value is -3.16. The van der Waals surface area contributed by atoms with E-state index in [1.807, 2.05) is 36.4 Å². The first kappa shape index (κ1) is 20.1. The van der Waals surface area contributed by atoms with Gasteiger partial charge in [0.25, 0.3) is 5.91 Å². The van der Waals surface area contributed by atoms with E-state index in [2.05, 4.69) is 30.3 Å². The molecule has 0 spiro atoms. The molecule has 0 aromatic heterocycles. The van der Waals surface area contributed by atoms with Crippen molar-refractivity contribution in [3.05, 3.63) is 82.8 Å². The van der Waals surface area contributed by atoms with E-state index in [-0.39, 0.29) is 10.2 Å². The Kier molecular flexibility index (Phi) is 5.83. The van der Waals surface area contributed by atoms with Crippen LogP contribution in [-0.4, -0.2) is 32.7 Å². The number of amides is 1. The lowest BCUT2D eigenvalue weighted by molar-refractivity contribution is -0.140. The fourth-order valence-electron chi connectivity index (χ4n) is 3.08. The van der Waals surface area contributed by atoms with Crippen molar-refractivity contribution < 1.29 is 19.4 Å². The Morgan fingerprint density at radius 3 is 2.53 bits per heavy atom. The van der Waals surface area contributed by atoms with Crippen LogP contribution in [0.1, 0.15) is 11.1 Å². The largest absolute Gasteiger partial charge is 0.489 e. The molecule has 1 amide bonds. The van der Waals surface area contributed by atoms with Gasteiger partial charge in [-0.2, -0.15) is 0 Å². The summed E-state index contributed by atoms with van der Waals surface area (Å²) in [5.41, 5.74) is 1.89. The number of fused-ring (bicyclic) bond motifs is 1. The lowest BCUT2D eigenvalue weighted by atomic mass is 10.1. The van der Waals surface area contributed by atoms with Crippen LogP contribution in [0.2, 0.25) is 0 Å². The normalized spacial score (nSPS) is 15.2. The maximum atomic E-state index is 12.3. The van der Waals surface area contributed by atoms with Crippen molar-refractivity contribution >= 4 is 57.0 Å². The zero-order chi connectivity index (χ0) is 21.1. The summed E-state index contributed by atoms with van der Waals surface area (Å²) in [5.74, 6) is -0.761. The molecule has 0 aliphatic carbocycles. The van der Waals surface area contributed by atoms with Crippen molar-refractivity contribution in [1.29, 1.82) is 0 Å². The van der Waals surface area contributed by atoms with Gasteiger partial charge in [-0.3, -0.25) is 14.5 Å². The van der Waals surface area contributed by atoms with E-state index in [4.69, 9.17) is 22.1 Å². The van der Waals surface area contributed by atoms with E-state index < -0.39 is 12.5 Å². The standard InChI is InChI=1S/C23H17NO4S2/c25-21(26)13-24-22(27)20(30-23(24)29)12-15-6-9-19(10-7-15)28-14-16-5-8-17-3-1-2-4-18(17)11-16/h1-12H,13-14H2,(H,25,26). The summed E-state index contributed by atoms with van der Waals surface area (Å²) in [6, 6.07) is 21.8. The molecule has 1 fully saturated rings. The summed E-state index contributed by atoms with van der Waals surface area (Å²) in [5, 5.41) is 11.3. The van der Waals surface area contributed by atoms with E-state index >= 15 is 0 Å². The third-order valence-electron chi connectivity index (χ3n) is 4.56. The van der Waals surface area contributed by atoms with Crippen molar-refractivity contribution in [2.45, 2.75) is 6.61 Å². The highest BCUT2D eigenvalue weighted by molar-refractivity contribution is 8.26. The minimum Gasteiger partial charge on any atom is -0.489 e. The number of thioether (sulfide) groups is 1. The highest BCUT2D eigenvalue weighted by Gasteiger charge is 2.33. The van der Waals surface area contributed by atoms with Gasteiger partial charge in [0, 0.05) is 0 Å². The topological polar surface area (TPSA) is 66.8 Å². The van der Waals surface area contributed by atoms with Gasteiger partial charge in [-0.15, -0.1) is 0 Å². The molecule has 1 aliphatic rings. The van der Waals surface area contributed by atoms with Crippen LogP contribution >= 0.6 is 24.0 Å². The number of rotatable bonds is 6. The van der Waals surface area contributed by atoms with Gasteiger partial charge < -0.3 is 9.84 Å². The molecule has 1 heterocycles. The molecule has 0 atom stereocenters. The third-order valence-corrected chi connectivity index (χ3v) is 5.94. The van der Waals surface area contributed by atoms with Crippen LogP contribution in [-0.2, 0) is 16.2 Å². The van der Waals surface area contributed by atoms with Crippen LogP contribution in [0, 0.1) is 0 Å². The Balaban J connectivity index is 1.41. The molecule has 0 radical (unpaired) electrons.